The fourth-order valence-corrected chi connectivity index (χ4v) is 3.74. The van der Waals surface area contributed by atoms with E-state index in [4.69, 9.17) is 10.5 Å². The first-order chi connectivity index (χ1) is 10.3. The summed E-state index contributed by atoms with van der Waals surface area (Å²) in [5.41, 5.74) is 6.59. The van der Waals surface area contributed by atoms with Gasteiger partial charge in [-0.2, -0.15) is 16.7 Å². The Morgan fingerprint density at radius 2 is 1.81 bits per heavy atom. The maximum atomic E-state index is 5.99. The second-order valence-corrected chi connectivity index (χ2v) is 6.78. The number of nitrogens with one attached hydrogen (secondary N) is 2. The Kier molecular flexibility index (Phi) is 5.03. The average molecular weight is 309 g/mol. The lowest BCUT2D eigenvalue weighted by atomic mass is 10.1. The second-order valence-electron chi connectivity index (χ2n) is 5.56. The van der Waals surface area contributed by atoms with Crippen LogP contribution in [0.25, 0.3) is 0 Å². The third-order valence-electron chi connectivity index (χ3n) is 3.93. The Labute approximate surface area is 129 Å². The summed E-state index contributed by atoms with van der Waals surface area (Å²) < 4.78 is 5.37. The number of nitrogen functional groups attached to an aromatic ring is 1. The molecule has 0 amide bonds. The van der Waals surface area contributed by atoms with Crippen LogP contribution in [0.15, 0.2) is 6.20 Å². The molecule has 0 atom stereocenters. The number of rotatable bonds is 4. The van der Waals surface area contributed by atoms with Gasteiger partial charge >= 0.3 is 0 Å². The molecule has 0 bridgehead atoms. The first kappa shape index (κ1) is 14.7. The number of ether oxygens (including phenoxy) is 1. The molecule has 0 radical (unpaired) electrons. The summed E-state index contributed by atoms with van der Waals surface area (Å²) in [4.78, 5) is 8.86. The molecule has 1 aromatic rings. The van der Waals surface area contributed by atoms with E-state index in [1.165, 1.54) is 24.3 Å². The van der Waals surface area contributed by atoms with Gasteiger partial charge in [0.1, 0.15) is 0 Å². The minimum absolute atomic E-state index is 0.384. The van der Waals surface area contributed by atoms with Gasteiger partial charge in [0, 0.05) is 25.3 Å². The van der Waals surface area contributed by atoms with Gasteiger partial charge in [-0.25, -0.2) is 4.98 Å². The molecule has 6 nitrogen and oxygen atoms in total. The van der Waals surface area contributed by atoms with E-state index in [1.807, 2.05) is 11.8 Å². The summed E-state index contributed by atoms with van der Waals surface area (Å²) in [6.45, 7) is 1.60. The maximum absolute atomic E-state index is 5.99. The normalized spacial score (nSPS) is 21.1. The highest BCUT2D eigenvalue weighted by Gasteiger charge is 2.17. The molecule has 3 heterocycles. The Balaban J connectivity index is 1.63. The molecule has 2 fully saturated rings. The number of thioether (sulfide) groups is 1. The molecular formula is C14H23N5OS. The molecule has 7 heteroatoms. The number of hydrogen-bond acceptors (Lipinski definition) is 7. The van der Waals surface area contributed by atoms with Gasteiger partial charge < -0.3 is 21.1 Å². The molecular weight excluding hydrogens is 286 g/mol. The summed E-state index contributed by atoms with van der Waals surface area (Å²) >= 11 is 2.01. The first-order valence-electron chi connectivity index (χ1n) is 7.62. The molecule has 0 aliphatic carbocycles. The lowest BCUT2D eigenvalue weighted by Crippen LogP contribution is -2.29. The first-order valence-corrected chi connectivity index (χ1v) is 8.78. The maximum Gasteiger partial charge on any atom is 0.224 e. The van der Waals surface area contributed by atoms with Crippen LogP contribution < -0.4 is 16.4 Å². The quantitative estimate of drug-likeness (QED) is 0.784. The van der Waals surface area contributed by atoms with Gasteiger partial charge in [-0.05, 0) is 37.2 Å². The zero-order valence-electron chi connectivity index (χ0n) is 12.2. The predicted octanol–water partition coefficient (Wildman–Crippen LogP) is 1.96. The van der Waals surface area contributed by atoms with Gasteiger partial charge in [0.25, 0.3) is 0 Å². The summed E-state index contributed by atoms with van der Waals surface area (Å²) in [5, 5.41) is 6.86. The van der Waals surface area contributed by atoms with Gasteiger partial charge in [-0.15, -0.1) is 0 Å². The highest BCUT2D eigenvalue weighted by Crippen LogP contribution is 2.23. The SMILES string of the molecule is Nc1cnc(NC2CCSCC2)nc1NC1CCOCC1. The van der Waals surface area contributed by atoms with Crippen molar-refractivity contribution in [2.45, 2.75) is 37.8 Å². The average Bonchev–Trinajstić information content (AvgIpc) is 2.53. The standard InChI is InChI=1S/C14H23N5OS/c15-12-9-16-14(18-11-3-7-21-8-4-11)19-13(12)17-10-1-5-20-6-2-10/h9-11H,1-8,15H2,(H2,16,17,18,19). The van der Waals surface area contributed by atoms with Crippen molar-refractivity contribution in [2.75, 3.05) is 41.1 Å². The van der Waals surface area contributed by atoms with E-state index in [-0.39, 0.29) is 0 Å². The van der Waals surface area contributed by atoms with E-state index in [2.05, 4.69) is 20.6 Å². The molecule has 116 valence electrons. The van der Waals surface area contributed by atoms with Crippen LogP contribution in [-0.4, -0.2) is 46.8 Å². The smallest absolute Gasteiger partial charge is 0.224 e. The van der Waals surface area contributed by atoms with Gasteiger partial charge in [0.2, 0.25) is 5.95 Å². The van der Waals surface area contributed by atoms with Crippen molar-refractivity contribution in [1.29, 1.82) is 0 Å². The number of nitrogens with two attached hydrogens (primary N) is 1. The molecule has 0 saturated carbocycles. The number of aromatic nitrogens is 2. The Morgan fingerprint density at radius 3 is 2.57 bits per heavy atom. The van der Waals surface area contributed by atoms with Crippen molar-refractivity contribution in [3.8, 4) is 0 Å². The largest absolute Gasteiger partial charge is 0.394 e. The van der Waals surface area contributed by atoms with Crippen molar-refractivity contribution in [3.63, 3.8) is 0 Å². The molecule has 1 aromatic heterocycles. The summed E-state index contributed by atoms with van der Waals surface area (Å²) in [7, 11) is 0. The van der Waals surface area contributed by atoms with E-state index in [1.54, 1.807) is 6.20 Å². The van der Waals surface area contributed by atoms with E-state index < -0.39 is 0 Å². The second kappa shape index (κ2) is 7.17. The predicted molar refractivity (Wildman–Crippen MR) is 87.9 cm³/mol. The van der Waals surface area contributed by atoms with Crippen LogP contribution in [0.2, 0.25) is 0 Å². The monoisotopic (exact) mass is 309 g/mol. The van der Waals surface area contributed by atoms with Gasteiger partial charge in [0.05, 0.1) is 11.9 Å². The van der Waals surface area contributed by atoms with Gasteiger partial charge in [-0.1, -0.05) is 0 Å². The fraction of sp³-hybridized carbons (Fsp3) is 0.714. The molecule has 0 unspecified atom stereocenters. The topological polar surface area (TPSA) is 85.1 Å². The van der Waals surface area contributed by atoms with Crippen LogP contribution in [-0.2, 0) is 4.74 Å². The minimum atomic E-state index is 0.384. The summed E-state index contributed by atoms with van der Waals surface area (Å²) in [6, 6.07) is 0.862. The Hall–Kier alpha value is -1.21. The third kappa shape index (κ3) is 4.14. The van der Waals surface area contributed by atoms with Gasteiger partial charge in [0.15, 0.2) is 5.82 Å². The molecule has 4 N–H and O–H groups in total. The fourth-order valence-electron chi connectivity index (χ4n) is 2.64. The number of anilines is 3. The zero-order chi connectivity index (χ0) is 14.5. The van der Waals surface area contributed by atoms with Crippen LogP contribution in [0, 0.1) is 0 Å². The highest BCUT2D eigenvalue weighted by molar-refractivity contribution is 7.99. The van der Waals surface area contributed by atoms with Crippen molar-refractivity contribution < 1.29 is 4.74 Å². The number of nitrogens with zero attached hydrogens (tertiary/aromatic N) is 2. The molecule has 0 spiro atoms. The Morgan fingerprint density at radius 1 is 1.10 bits per heavy atom. The third-order valence-corrected chi connectivity index (χ3v) is 4.98. The van der Waals surface area contributed by atoms with Crippen LogP contribution in [0.1, 0.15) is 25.7 Å². The summed E-state index contributed by atoms with van der Waals surface area (Å²) in [6.07, 6.45) is 6.01. The summed E-state index contributed by atoms with van der Waals surface area (Å²) in [5.74, 6) is 3.83. The number of hydrogen-bond donors (Lipinski definition) is 3. The lowest BCUT2D eigenvalue weighted by Gasteiger charge is -2.25. The highest BCUT2D eigenvalue weighted by atomic mass is 32.2. The van der Waals surface area contributed by atoms with Crippen molar-refractivity contribution >= 4 is 29.2 Å². The van der Waals surface area contributed by atoms with Crippen LogP contribution >= 0.6 is 11.8 Å². The van der Waals surface area contributed by atoms with E-state index >= 15 is 0 Å². The van der Waals surface area contributed by atoms with Crippen molar-refractivity contribution in [2.24, 2.45) is 0 Å². The van der Waals surface area contributed by atoms with Crippen LogP contribution in [0.4, 0.5) is 17.5 Å². The minimum Gasteiger partial charge on any atom is -0.394 e. The molecule has 2 saturated heterocycles. The van der Waals surface area contributed by atoms with Crippen molar-refractivity contribution in [1.82, 2.24) is 9.97 Å². The lowest BCUT2D eigenvalue weighted by molar-refractivity contribution is 0.0904. The van der Waals surface area contributed by atoms with Gasteiger partial charge in [-0.3, -0.25) is 0 Å². The Bertz CT molecular complexity index is 461. The van der Waals surface area contributed by atoms with Crippen LogP contribution in [0.3, 0.4) is 0 Å². The van der Waals surface area contributed by atoms with E-state index in [0.29, 0.717) is 23.7 Å². The molecule has 0 aromatic carbocycles. The van der Waals surface area contributed by atoms with Crippen LogP contribution in [0.5, 0.6) is 0 Å². The molecule has 21 heavy (non-hydrogen) atoms. The van der Waals surface area contributed by atoms with Crippen molar-refractivity contribution in [3.05, 3.63) is 6.20 Å². The zero-order valence-corrected chi connectivity index (χ0v) is 13.0. The molecule has 2 aliphatic rings. The van der Waals surface area contributed by atoms with E-state index in [9.17, 15) is 0 Å². The molecule has 2 aliphatic heterocycles. The molecule has 3 rings (SSSR count). The van der Waals surface area contributed by atoms with E-state index in [0.717, 1.165) is 31.9 Å².